The quantitative estimate of drug-likeness (QED) is 0.666. The molecule has 3 rings (SSSR count). The van der Waals surface area contributed by atoms with E-state index in [1.54, 1.807) is 18.2 Å². The third kappa shape index (κ3) is 6.26. The predicted molar refractivity (Wildman–Crippen MR) is 119 cm³/mol. The predicted octanol–water partition coefficient (Wildman–Crippen LogP) is 2.87. The van der Waals surface area contributed by atoms with Gasteiger partial charge in [0, 0.05) is 62.1 Å². The Labute approximate surface area is 182 Å². The minimum Gasteiger partial charge on any atom is -0.493 e. The van der Waals surface area contributed by atoms with Crippen LogP contribution in [0.2, 0.25) is 5.02 Å². The van der Waals surface area contributed by atoms with E-state index in [1.807, 2.05) is 18.2 Å². The summed E-state index contributed by atoms with van der Waals surface area (Å²) in [4.78, 5) is 15.7. The summed E-state index contributed by atoms with van der Waals surface area (Å²) in [6, 6.07) is 13.0. The second kappa shape index (κ2) is 10.5. The molecule has 2 N–H and O–H groups in total. The van der Waals surface area contributed by atoms with Gasteiger partial charge in [0.05, 0.1) is 7.11 Å². The molecule has 0 aliphatic carbocycles. The van der Waals surface area contributed by atoms with Crippen LogP contribution in [0.4, 0.5) is 11.4 Å². The van der Waals surface area contributed by atoms with Crippen molar-refractivity contribution in [3.05, 3.63) is 47.5 Å². The van der Waals surface area contributed by atoms with Gasteiger partial charge < -0.3 is 24.8 Å². The fourth-order valence-corrected chi connectivity index (χ4v) is 3.65. The van der Waals surface area contributed by atoms with Gasteiger partial charge in [0.2, 0.25) is 5.91 Å². The average molecular weight is 434 g/mol. The number of methoxy groups -OCH3 is 1. The molecule has 0 saturated carbocycles. The number of ether oxygens (including phenoxy) is 2. The molecule has 1 heterocycles. The number of amides is 1. The number of anilines is 2. The van der Waals surface area contributed by atoms with Crippen LogP contribution in [0.25, 0.3) is 0 Å². The smallest absolute Gasteiger partial charge is 0.221 e. The lowest BCUT2D eigenvalue weighted by Crippen LogP contribution is -2.49. The summed E-state index contributed by atoms with van der Waals surface area (Å²) in [6.45, 7) is 5.62. The van der Waals surface area contributed by atoms with Crippen molar-refractivity contribution in [1.82, 2.24) is 4.90 Å². The van der Waals surface area contributed by atoms with Crippen LogP contribution in [0.1, 0.15) is 6.92 Å². The van der Waals surface area contributed by atoms with Crippen LogP contribution in [0.15, 0.2) is 42.5 Å². The van der Waals surface area contributed by atoms with Gasteiger partial charge in [0.1, 0.15) is 12.7 Å². The van der Waals surface area contributed by atoms with Crippen LogP contribution in [-0.2, 0) is 4.79 Å². The normalized spacial score (nSPS) is 15.5. The van der Waals surface area contributed by atoms with Gasteiger partial charge in [0.25, 0.3) is 0 Å². The number of aliphatic hydroxyl groups is 1. The Morgan fingerprint density at radius 1 is 1.17 bits per heavy atom. The molecular weight excluding hydrogens is 406 g/mol. The lowest BCUT2D eigenvalue weighted by molar-refractivity contribution is -0.114. The molecule has 2 aromatic rings. The zero-order chi connectivity index (χ0) is 21.5. The van der Waals surface area contributed by atoms with E-state index in [9.17, 15) is 9.90 Å². The number of β-amino-alcohol motifs (C(OH)–C–C–N with tert-alkyl or cyclic N) is 1. The molecule has 1 amide bonds. The Morgan fingerprint density at radius 2 is 1.93 bits per heavy atom. The number of rotatable bonds is 8. The first-order valence-electron chi connectivity index (χ1n) is 9.94. The van der Waals surface area contributed by atoms with E-state index in [-0.39, 0.29) is 12.5 Å². The number of carbonyl (C=O) groups excluding carboxylic acids is 1. The molecular formula is C22H28ClN3O4. The fourth-order valence-electron chi connectivity index (χ4n) is 3.47. The first-order valence-corrected chi connectivity index (χ1v) is 10.3. The van der Waals surface area contributed by atoms with E-state index in [4.69, 9.17) is 21.1 Å². The highest BCUT2D eigenvalue weighted by molar-refractivity contribution is 6.30. The Balaban J connectivity index is 1.46. The summed E-state index contributed by atoms with van der Waals surface area (Å²) in [5.74, 6) is 0.872. The molecule has 8 heteroatoms. The molecule has 162 valence electrons. The van der Waals surface area contributed by atoms with Gasteiger partial charge >= 0.3 is 0 Å². The van der Waals surface area contributed by atoms with Crippen LogP contribution in [0, 0.1) is 0 Å². The van der Waals surface area contributed by atoms with Crippen molar-refractivity contribution in [1.29, 1.82) is 0 Å². The molecule has 0 bridgehead atoms. The lowest BCUT2D eigenvalue weighted by atomic mass is 10.2. The third-order valence-corrected chi connectivity index (χ3v) is 5.16. The van der Waals surface area contributed by atoms with Crippen molar-refractivity contribution in [3.63, 3.8) is 0 Å². The average Bonchev–Trinajstić information content (AvgIpc) is 2.73. The summed E-state index contributed by atoms with van der Waals surface area (Å²) in [6.07, 6.45) is -0.623. The highest BCUT2D eigenvalue weighted by Gasteiger charge is 2.20. The number of hydrogen-bond donors (Lipinski definition) is 2. The minimum atomic E-state index is -0.623. The molecule has 1 saturated heterocycles. The monoisotopic (exact) mass is 433 g/mol. The highest BCUT2D eigenvalue weighted by Crippen LogP contribution is 2.30. The zero-order valence-corrected chi connectivity index (χ0v) is 18.1. The second-order valence-electron chi connectivity index (χ2n) is 7.28. The van der Waals surface area contributed by atoms with Gasteiger partial charge in [-0.3, -0.25) is 9.69 Å². The van der Waals surface area contributed by atoms with Crippen LogP contribution in [-0.4, -0.2) is 68.5 Å². The SMILES string of the molecule is COc1cc(NC(C)=O)ccc1OCC(O)CN1CCN(c2cccc(Cl)c2)CC1. The summed E-state index contributed by atoms with van der Waals surface area (Å²) in [7, 11) is 1.54. The summed E-state index contributed by atoms with van der Waals surface area (Å²) >= 11 is 6.09. The molecule has 7 nitrogen and oxygen atoms in total. The Kier molecular flexibility index (Phi) is 7.79. The largest absolute Gasteiger partial charge is 0.493 e. The third-order valence-electron chi connectivity index (χ3n) is 4.93. The molecule has 1 aliphatic heterocycles. The van der Waals surface area contributed by atoms with Gasteiger partial charge in [-0.2, -0.15) is 0 Å². The van der Waals surface area contributed by atoms with Crippen LogP contribution >= 0.6 is 11.6 Å². The Morgan fingerprint density at radius 3 is 2.60 bits per heavy atom. The van der Waals surface area contributed by atoms with Crippen LogP contribution < -0.4 is 19.7 Å². The Bertz CT molecular complexity index is 856. The zero-order valence-electron chi connectivity index (χ0n) is 17.3. The molecule has 1 atom stereocenters. The standard InChI is InChI=1S/C22H28ClN3O4/c1-16(27)24-18-6-7-21(22(13-18)29-2)30-15-20(28)14-25-8-10-26(11-9-25)19-5-3-4-17(23)12-19/h3-7,12-13,20,28H,8-11,14-15H2,1-2H3,(H,24,27). The van der Waals surface area contributed by atoms with Crippen LogP contribution in [0.3, 0.4) is 0 Å². The first kappa shape index (κ1) is 22.2. The first-order chi connectivity index (χ1) is 14.4. The van der Waals surface area contributed by atoms with Crippen molar-refractivity contribution < 1.29 is 19.4 Å². The van der Waals surface area contributed by atoms with E-state index in [0.717, 1.165) is 36.9 Å². The van der Waals surface area contributed by atoms with E-state index >= 15 is 0 Å². The van der Waals surface area contributed by atoms with E-state index in [1.165, 1.54) is 14.0 Å². The van der Waals surface area contributed by atoms with E-state index in [2.05, 4.69) is 21.2 Å². The van der Waals surface area contributed by atoms with Gasteiger partial charge in [-0.25, -0.2) is 0 Å². The lowest BCUT2D eigenvalue weighted by Gasteiger charge is -2.36. The van der Waals surface area contributed by atoms with Crippen molar-refractivity contribution >= 4 is 28.9 Å². The number of halogens is 1. The summed E-state index contributed by atoms with van der Waals surface area (Å²) < 4.78 is 11.1. The van der Waals surface area contributed by atoms with Crippen molar-refractivity contribution in [2.75, 3.05) is 56.7 Å². The summed E-state index contributed by atoms with van der Waals surface area (Å²) in [5.41, 5.74) is 1.76. The Hall–Kier alpha value is -2.48. The minimum absolute atomic E-state index is 0.156. The van der Waals surface area contributed by atoms with Crippen molar-refractivity contribution in [3.8, 4) is 11.5 Å². The second-order valence-corrected chi connectivity index (χ2v) is 7.72. The molecule has 30 heavy (non-hydrogen) atoms. The maximum Gasteiger partial charge on any atom is 0.221 e. The number of carbonyl (C=O) groups is 1. The fraction of sp³-hybridized carbons (Fsp3) is 0.409. The maximum absolute atomic E-state index is 11.2. The topological polar surface area (TPSA) is 74.3 Å². The number of benzene rings is 2. The molecule has 0 aromatic heterocycles. The van der Waals surface area contributed by atoms with Gasteiger partial charge in [0.15, 0.2) is 11.5 Å². The summed E-state index contributed by atoms with van der Waals surface area (Å²) in [5, 5.41) is 13.9. The number of nitrogens with zero attached hydrogens (tertiary/aromatic N) is 2. The molecule has 1 fully saturated rings. The van der Waals surface area contributed by atoms with Gasteiger partial charge in [-0.15, -0.1) is 0 Å². The van der Waals surface area contributed by atoms with E-state index in [0.29, 0.717) is 23.7 Å². The number of piperazine rings is 1. The van der Waals surface area contributed by atoms with Crippen molar-refractivity contribution in [2.24, 2.45) is 0 Å². The maximum atomic E-state index is 11.2. The molecule has 0 radical (unpaired) electrons. The molecule has 0 spiro atoms. The highest BCUT2D eigenvalue weighted by atomic mass is 35.5. The van der Waals surface area contributed by atoms with Gasteiger partial charge in [-0.1, -0.05) is 17.7 Å². The molecule has 1 aliphatic rings. The van der Waals surface area contributed by atoms with E-state index < -0.39 is 6.10 Å². The number of nitrogens with one attached hydrogen (secondary N) is 1. The van der Waals surface area contributed by atoms with Crippen LogP contribution in [0.5, 0.6) is 11.5 Å². The van der Waals surface area contributed by atoms with Crippen molar-refractivity contribution in [2.45, 2.75) is 13.0 Å². The number of hydrogen-bond acceptors (Lipinski definition) is 6. The van der Waals surface area contributed by atoms with Gasteiger partial charge in [-0.05, 0) is 30.3 Å². The molecule has 1 unspecified atom stereocenters. The number of aliphatic hydroxyl groups excluding tert-OH is 1. The molecule has 2 aromatic carbocycles.